The number of rotatable bonds is 5. The molecule has 1 saturated carbocycles. The van der Waals surface area contributed by atoms with E-state index in [1.807, 2.05) is 6.07 Å². The van der Waals surface area contributed by atoms with E-state index in [0.717, 1.165) is 5.82 Å². The van der Waals surface area contributed by atoms with E-state index in [4.69, 9.17) is 4.74 Å². The predicted octanol–water partition coefficient (Wildman–Crippen LogP) is 3.48. The highest BCUT2D eigenvalue weighted by Crippen LogP contribution is 2.21. The predicted molar refractivity (Wildman–Crippen MR) is 93.5 cm³/mol. The Labute approximate surface area is 141 Å². The van der Waals surface area contributed by atoms with Crippen LogP contribution in [0.25, 0.3) is 0 Å². The van der Waals surface area contributed by atoms with Crippen molar-refractivity contribution in [2.24, 2.45) is 0 Å². The van der Waals surface area contributed by atoms with Gasteiger partial charge in [0, 0.05) is 11.6 Å². The normalized spacial score (nSPS) is 14.9. The number of anilines is 2. The van der Waals surface area contributed by atoms with Crippen LogP contribution in [0, 0.1) is 0 Å². The highest BCUT2D eigenvalue weighted by atomic mass is 16.5. The zero-order valence-corrected chi connectivity index (χ0v) is 13.8. The molecule has 3 rings (SSSR count). The first-order valence-corrected chi connectivity index (χ1v) is 8.30. The van der Waals surface area contributed by atoms with Crippen molar-refractivity contribution in [1.29, 1.82) is 0 Å². The highest BCUT2D eigenvalue weighted by Gasteiger charge is 2.14. The smallest absolute Gasteiger partial charge is 0.256 e. The fourth-order valence-electron chi connectivity index (χ4n) is 2.86. The van der Waals surface area contributed by atoms with Gasteiger partial charge in [-0.2, -0.15) is 0 Å². The molecule has 0 aliphatic heterocycles. The Bertz CT molecular complexity index is 664. The van der Waals surface area contributed by atoms with Gasteiger partial charge in [-0.3, -0.25) is 4.79 Å². The molecule has 6 heteroatoms. The molecule has 24 heavy (non-hydrogen) atoms. The standard InChI is InChI=1S/C18H22N4O2/c1-24-15-9-7-13(8-10-15)18(23)20-17-12-11-16(21-22-17)19-14-5-3-2-4-6-14/h7-12,14H,2-6H2,1H3,(H,19,21)(H,20,22,23). The number of hydrogen-bond acceptors (Lipinski definition) is 5. The Morgan fingerprint density at radius 2 is 1.67 bits per heavy atom. The number of aromatic nitrogens is 2. The van der Waals surface area contributed by atoms with Gasteiger partial charge in [0.25, 0.3) is 5.91 Å². The van der Waals surface area contributed by atoms with Gasteiger partial charge in [0.1, 0.15) is 11.6 Å². The third kappa shape index (κ3) is 4.22. The first-order valence-electron chi connectivity index (χ1n) is 8.30. The number of methoxy groups -OCH3 is 1. The third-order valence-electron chi connectivity index (χ3n) is 4.22. The number of hydrogen-bond donors (Lipinski definition) is 2. The average molecular weight is 326 g/mol. The maximum atomic E-state index is 12.2. The van der Waals surface area contributed by atoms with Gasteiger partial charge in [0.2, 0.25) is 0 Å². The second-order valence-electron chi connectivity index (χ2n) is 5.97. The Morgan fingerprint density at radius 3 is 2.29 bits per heavy atom. The summed E-state index contributed by atoms with van der Waals surface area (Å²) in [5, 5.41) is 14.4. The molecule has 0 radical (unpaired) electrons. The van der Waals surface area contributed by atoms with Crippen molar-refractivity contribution in [2.75, 3.05) is 17.7 Å². The molecule has 1 heterocycles. The molecule has 126 valence electrons. The van der Waals surface area contributed by atoms with Crippen LogP contribution in [0.5, 0.6) is 5.75 Å². The molecule has 0 bridgehead atoms. The van der Waals surface area contributed by atoms with Crippen LogP contribution in [0.2, 0.25) is 0 Å². The van der Waals surface area contributed by atoms with Gasteiger partial charge in [0.05, 0.1) is 7.11 Å². The van der Waals surface area contributed by atoms with Crippen LogP contribution >= 0.6 is 0 Å². The molecule has 1 aliphatic rings. The number of benzene rings is 1. The summed E-state index contributed by atoms with van der Waals surface area (Å²) in [4.78, 5) is 12.2. The minimum Gasteiger partial charge on any atom is -0.497 e. The summed E-state index contributed by atoms with van der Waals surface area (Å²) >= 11 is 0. The summed E-state index contributed by atoms with van der Waals surface area (Å²) < 4.78 is 5.08. The number of carbonyl (C=O) groups is 1. The first-order chi connectivity index (χ1) is 11.7. The molecule has 1 amide bonds. The van der Waals surface area contributed by atoms with Gasteiger partial charge >= 0.3 is 0 Å². The van der Waals surface area contributed by atoms with Crippen LogP contribution in [-0.4, -0.2) is 29.3 Å². The number of carbonyl (C=O) groups excluding carboxylic acids is 1. The van der Waals surface area contributed by atoms with Crippen molar-refractivity contribution >= 4 is 17.5 Å². The minimum atomic E-state index is -0.222. The SMILES string of the molecule is COc1ccc(C(=O)Nc2ccc(NC3CCCCC3)nn2)cc1. The Balaban J connectivity index is 1.57. The Hall–Kier alpha value is -2.63. The fourth-order valence-corrected chi connectivity index (χ4v) is 2.86. The molecule has 0 spiro atoms. The van der Waals surface area contributed by atoms with E-state index in [1.165, 1.54) is 32.1 Å². The summed E-state index contributed by atoms with van der Waals surface area (Å²) in [5.74, 6) is 1.68. The number of nitrogens with one attached hydrogen (secondary N) is 2. The van der Waals surface area contributed by atoms with Crippen molar-refractivity contribution in [3.63, 3.8) is 0 Å². The van der Waals surface area contributed by atoms with E-state index in [9.17, 15) is 4.79 Å². The van der Waals surface area contributed by atoms with E-state index in [1.54, 1.807) is 37.4 Å². The first kappa shape index (κ1) is 16.2. The lowest BCUT2D eigenvalue weighted by molar-refractivity contribution is 0.102. The molecular formula is C18H22N4O2. The molecule has 0 unspecified atom stereocenters. The van der Waals surface area contributed by atoms with Crippen LogP contribution in [0.4, 0.5) is 11.6 Å². The molecule has 1 aromatic carbocycles. The van der Waals surface area contributed by atoms with Crippen LogP contribution in [0.1, 0.15) is 42.5 Å². The summed E-state index contributed by atoms with van der Waals surface area (Å²) in [5.41, 5.74) is 0.544. The lowest BCUT2D eigenvalue weighted by Gasteiger charge is -2.22. The van der Waals surface area contributed by atoms with Crippen molar-refractivity contribution < 1.29 is 9.53 Å². The molecule has 1 fully saturated rings. The molecule has 1 aromatic heterocycles. The largest absolute Gasteiger partial charge is 0.497 e. The molecule has 2 N–H and O–H groups in total. The fraction of sp³-hybridized carbons (Fsp3) is 0.389. The highest BCUT2D eigenvalue weighted by molar-refractivity contribution is 6.03. The van der Waals surface area contributed by atoms with Gasteiger partial charge < -0.3 is 15.4 Å². The molecule has 0 atom stereocenters. The molecular weight excluding hydrogens is 304 g/mol. The minimum absolute atomic E-state index is 0.222. The van der Waals surface area contributed by atoms with Gasteiger partial charge in [-0.25, -0.2) is 0 Å². The van der Waals surface area contributed by atoms with Crippen LogP contribution < -0.4 is 15.4 Å². The van der Waals surface area contributed by atoms with Gasteiger partial charge in [0.15, 0.2) is 5.82 Å². The Morgan fingerprint density at radius 1 is 1.00 bits per heavy atom. The van der Waals surface area contributed by atoms with E-state index < -0.39 is 0 Å². The third-order valence-corrected chi connectivity index (χ3v) is 4.22. The summed E-state index contributed by atoms with van der Waals surface area (Å²) in [7, 11) is 1.59. The van der Waals surface area contributed by atoms with Crippen molar-refractivity contribution in [1.82, 2.24) is 10.2 Å². The van der Waals surface area contributed by atoms with Gasteiger partial charge in [-0.15, -0.1) is 10.2 Å². The average Bonchev–Trinajstić information content (AvgIpc) is 2.64. The lowest BCUT2D eigenvalue weighted by Crippen LogP contribution is -2.23. The van der Waals surface area contributed by atoms with E-state index in [2.05, 4.69) is 20.8 Å². The lowest BCUT2D eigenvalue weighted by atomic mass is 9.95. The van der Waals surface area contributed by atoms with Crippen molar-refractivity contribution in [3.8, 4) is 5.75 Å². The van der Waals surface area contributed by atoms with Crippen molar-refractivity contribution in [2.45, 2.75) is 38.1 Å². The van der Waals surface area contributed by atoms with Gasteiger partial charge in [-0.05, 0) is 49.2 Å². The summed E-state index contributed by atoms with van der Waals surface area (Å²) in [6.07, 6.45) is 6.21. The summed E-state index contributed by atoms with van der Waals surface area (Å²) in [6, 6.07) is 11.0. The van der Waals surface area contributed by atoms with Crippen LogP contribution in [-0.2, 0) is 0 Å². The van der Waals surface area contributed by atoms with E-state index in [-0.39, 0.29) is 5.91 Å². The topological polar surface area (TPSA) is 76.1 Å². The monoisotopic (exact) mass is 326 g/mol. The van der Waals surface area contributed by atoms with Gasteiger partial charge in [-0.1, -0.05) is 19.3 Å². The van der Waals surface area contributed by atoms with Crippen LogP contribution in [0.3, 0.4) is 0 Å². The molecule has 0 saturated heterocycles. The molecule has 1 aliphatic carbocycles. The number of ether oxygens (including phenoxy) is 1. The molecule has 6 nitrogen and oxygen atoms in total. The van der Waals surface area contributed by atoms with Crippen molar-refractivity contribution in [3.05, 3.63) is 42.0 Å². The second kappa shape index (κ2) is 7.77. The molecule has 2 aromatic rings. The second-order valence-corrected chi connectivity index (χ2v) is 5.97. The van der Waals surface area contributed by atoms with Crippen LogP contribution in [0.15, 0.2) is 36.4 Å². The zero-order chi connectivity index (χ0) is 16.8. The number of amides is 1. The zero-order valence-electron chi connectivity index (χ0n) is 13.8. The maximum Gasteiger partial charge on any atom is 0.256 e. The number of nitrogens with zero attached hydrogens (tertiary/aromatic N) is 2. The maximum absolute atomic E-state index is 12.2. The van der Waals surface area contributed by atoms with E-state index >= 15 is 0 Å². The quantitative estimate of drug-likeness (QED) is 0.879. The Kier molecular flexibility index (Phi) is 5.25. The van der Waals surface area contributed by atoms with E-state index in [0.29, 0.717) is 23.2 Å². The summed E-state index contributed by atoms with van der Waals surface area (Å²) in [6.45, 7) is 0.